The van der Waals surface area contributed by atoms with Gasteiger partial charge >= 0.3 is 0 Å². The van der Waals surface area contributed by atoms with E-state index in [1.165, 1.54) is 22.3 Å². The third-order valence-electron chi connectivity index (χ3n) is 25.1. The topological polar surface area (TPSA) is 26.3 Å². The van der Waals surface area contributed by atoms with Crippen LogP contribution in [0.15, 0.2) is 470 Å². The first kappa shape index (κ1) is 54.6. The largest absolute Gasteiger partial charge is 0.464 e. The first-order chi connectivity index (χ1) is 73.3. The standard InChI is InChI=1S/C47H32O.C44H28S.C34H22O/c1-47(2)40-22-12-10-16-32(40)33-25-24-30(28-41(33)47)31-26-27-39(45-38-21-11-13-23-42(38)48-46(31)45)44-36-19-8-6-17-34(36)43(29-14-4-3-5-15-29)35-18-7-9-20-37(35)44;1-3-13-29(14-4-1)30-23-25-31(26-24-30)33-27-28-39(43-38-21-11-12-22-40(38)45-44(33)43)42-36-19-9-7-17-34(36)41(32-15-5-2-6-16-32)35-18-8-10-20-37(35)42;1-3-11-23(12-4-1)25-19-20-30(31-21-22-35-34(25)31)33-28-17-9-7-15-26(28)32(24-13-5-2-6-14-24)27-16-8-10-18-29(27)33/h3-28H,1-2H3;1-28H;1-22H/i6D,7D,8D,9D,17D,18D,19D,20D;7D,8D,9D,10D,17D,18D,19D,20D;7D,8D,9D,10D,15D,16D,17D,18D. The Bertz CT molecular complexity index is 10000. The lowest BCUT2D eigenvalue weighted by Gasteiger charge is -2.22. The smallest absolute Gasteiger partial charge is 0.143 e. The highest BCUT2D eigenvalue weighted by Gasteiger charge is 2.36. The molecule has 3 heteroatoms. The van der Waals surface area contributed by atoms with Crippen molar-refractivity contribution in [1.29, 1.82) is 0 Å². The van der Waals surface area contributed by atoms with Gasteiger partial charge in [-0.25, -0.2) is 0 Å². The molecule has 0 bridgehead atoms. The minimum atomic E-state index is -0.436. The molecule has 0 spiro atoms. The zero-order valence-electron chi connectivity index (χ0n) is 92.7. The van der Waals surface area contributed by atoms with Crippen LogP contribution in [-0.2, 0) is 5.41 Å². The molecule has 0 amide bonds. The second-order valence-electron chi connectivity index (χ2n) is 32.3. The van der Waals surface area contributed by atoms with Crippen LogP contribution in [0.5, 0.6) is 0 Å². The van der Waals surface area contributed by atoms with Gasteiger partial charge in [0.05, 0.1) is 39.2 Å². The summed E-state index contributed by atoms with van der Waals surface area (Å²) in [4.78, 5) is 0. The molecule has 0 aliphatic heterocycles. The van der Waals surface area contributed by atoms with Gasteiger partial charge in [-0.2, -0.15) is 0 Å². The van der Waals surface area contributed by atoms with Gasteiger partial charge in [-0.05, 0) is 223 Å². The lowest BCUT2D eigenvalue weighted by Crippen LogP contribution is -2.14. The predicted molar refractivity (Wildman–Crippen MR) is 546 cm³/mol. The van der Waals surface area contributed by atoms with E-state index in [0.29, 0.717) is 94.3 Å². The van der Waals surface area contributed by atoms with Crippen molar-refractivity contribution in [3.05, 3.63) is 472 Å². The van der Waals surface area contributed by atoms with Gasteiger partial charge in [0.2, 0.25) is 0 Å². The van der Waals surface area contributed by atoms with Crippen molar-refractivity contribution in [3.63, 3.8) is 0 Å². The number of fused-ring (bicyclic) bond motifs is 16. The van der Waals surface area contributed by atoms with Gasteiger partial charge in [0, 0.05) is 52.9 Å². The molecule has 2 nitrogen and oxygen atoms in total. The average molecular weight is 1670 g/mol. The van der Waals surface area contributed by atoms with Crippen molar-refractivity contribution in [3.8, 4) is 122 Å². The highest BCUT2D eigenvalue weighted by Crippen LogP contribution is 2.56. The van der Waals surface area contributed by atoms with Crippen molar-refractivity contribution in [1.82, 2.24) is 0 Å². The van der Waals surface area contributed by atoms with Crippen LogP contribution >= 0.6 is 11.3 Å². The van der Waals surface area contributed by atoms with Crippen molar-refractivity contribution in [2.45, 2.75) is 19.3 Å². The normalized spacial score (nSPS) is 14.8. The fourth-order valence-electron chi connectivity index (χ4n) is 19.4. The lowest BCUT2D eigenvalue weighted by atomic mass is 9.81. The summed E-state index contributed by atoms with van der Waals surface area (Å²) in [5, 5.41) is 6.17. The van der Waals surface area contributed by atoms with Crippen LogP contribution in [0.25, 0.3) is 240 Å². The van der Waals surface area contributed by atoms with Crippen LogP contribution < -0.4 is 0 Å². The average Bonchev–Trinajstić information content (AvgIpc) is 1.09. The first-order valence-electron chi connectivity index (χ1n) is 54.2. The van der Waals surface area contributed by atoms with E-state index in [-0.39, 0.29) is 143 Å². The maximum absolute atomic E-state index is 9.44. The van der Waals surface area contributed by atoms with E-state index in [2.05, 4.69) is 98.8 Å². The molecule has 0 unspecified atom stereocenters. The molecule has 0 fully saturated rings. The quantitative estimate of drug-likeness (QED) is 0.128. The van der Waals surface area contributed by atoms with Gasteiger partial charge in [-0.15, -0.1) is 11.3 Å². The van der Waals surface area contributed by atoms with Gasteiger partial charge in [0.25, 0.3) is 0 Å². The summed E-state index contributed by atoms with van der Waals surface area (Å²) in [5.41, 5.74) is 19.5. The summed E-state index contributed by atoms with van der Waals surface area (Å²) in [6, 6.07) is 90.8. The minimum Gasteiger partial charge on any atom is -0.464 e. The van der Waals surface area contributed by atoms with E-state index in [4.69, 9.17) is 30.8 Å². The Balaban J connectivity index is 0.000000122. The first-order valence-corrected chi connectivity index (χ1v) is 43.0. The van der Waals surface area contributed by atoms with Crippen LogP contribution in [0.3, 0.4) is 0 Å². The summed E-state index contributed by atoms with van der Waals surface area (Å²) < 4.78 is 231. The molecule has 600 valence electrons. The Labute approximate surface area is 780 Å². The summed E-state index contributed by atoms with van der Waals surface area (Å²) >= 11 is 1.63. The van der Waals surface area contributed by atoms with Gasteiger partial charge in [-0.3, -0.25) is 0 Å². The zero-order chi connectivity index (χ0) is 106. The number of thiophene rings is 1. The maximum Gasteiger partial charge on any atom is 0.143 e. The monoisotopic (exact) mass is 1670 g/mol. The highest BCUT2D eigenvalue weighted by molar-refractivity contribution is 7.26. The van der Waals surface area contributed by atoms with Crippen LogP contribution in [-0.4, -0.2) is 0 Å². The third kappa shape index (κ3) is 12.5. The SMILES string of the molecule is [2H]c1c([2H])c([2H])c2c(-c3ccc(-c4ccc(-c5ccccc5)cc4)c4sc5ccccc5c34)c3c([2H])c([2H])c([2H])c([2H])c3c(-c3ccccc3)c2c1[2H].[2H]c1c([2H])c([2H])c2c(-c3ccc(-c4ccc5c(c4)C(C)(C)c4ccccc4-5)c4oc5ccccc5c34)c3c([2H])c([2H])c([2H])c([2H])c3c(-c3ccccc3)c2c1[2H].[2H]c1c([2H])c([2H])c2c(-c3ccc(-c4ccccc4)c4occc34)c3c([2H])c([2H])c([2H])c([2H])c3c(-c3ccccc3)c2c1[2H]. The van der Waals surface area contributed by atoms with Gasteiger partial charge in [-0.1, -0.05) is 432 Å². The molecule has 0 saturated heterocycles. The molecule has 3 aromatic heterocycles. The second kappa shape index (κ2) is 31.3. The number of hydrogen-bond acceptors (Lipinski definition) is 3. The van der Waals surface area contributed by atoms with Gasteiger partial charge in [0.1, 0.15) is 16.7 Å². The molecular weight excluding hydrogens is 1570 g/mol. The molecule has 22 aromatic carbocycles. The number of furan rings is 2. The molecule has 0 atom stereocenters. The van der Waals surface area contributed by atoms with E-state index in [0.717, 1.165) is 70.1 Å². The minimum absolute atomic E-state index is 0.170. The van der Waals surface area contributed by atoms with E-state index in [9.17, 15) is 11.0 Å². The molecule has 25 aromatic rings. The molecule has 0 radical (unpaired) electrons. The van der Waals surface area contributed by atoms with E-state index in [1.54, 1.807) is 84.3 Å². The third-order valence-corrected chi connectivity index (χ3v) is 26.3. The van der Waals surface area contributed by atoms with Gasteiger partial charge in [0.15, 0.2) is 0 Å². The Kier molecular flexibility index (Phi) is 13.3. The van der Waals surface area contributed by atoms with Crippen molar-refractivity contribution in [2.75, 3.05) is 0 Å². The highest BCUT2D eigenvalue weighted by atomic mass is 32.1. The van der Waals surface area contributed by atoms with Crippen molar-refractivity contribution >= 4 is 129 Å². The van der Waals surface area contributed by atoms with Crippen molar-refractivity contribution in [2.24, 2.45) is 0 Å². The Hall–Kier alpha value is -16.0. The van der Waals surface area contributed by atoms with Crippen LogP contribution in [0.2, 0.25) is 0 Å². The fraction of sp³-hybridized carbons (Fsp3) is 0.0240. The van der Waals surface area contributed by atoms with E-state index in [1.807, 2.05) is 158 Å². The van der Waals surface area contributed by atoms with Crippen LogP contribution in [0.4, 0.5) is 0 Å². The van der Waals surface area contributed by atoms with Crippen LogP contribution in [0, 0.1) is 0 Å². The number of rotatable bonds is 10. The molecular formula is C125H82O2S. The van der Waals surface area contributed by atoms with E-state index < -0.39 is 72.5 Å². The Morgan fingerprint density at radius 1 is 0.227 bits per heavy atom. The number of hydrogen-bond donors (Lipinski definition) is 0. The fourth-order valence-corrected chi connectivity index (χ4v) is 20.6. The number of benzene rings is 22. The molecule has 0 saturated carbocycles. The molecule has 3 heterocycles. The molecule has 26 rings (SSSR count). The summed E-state index contributed by atoms with van der Waals surface area (Å²) in [6.07, 6.45) is 1.55. The summed E-state index contributed by atoms with van der Waals surface area (Å²) in [7, 11) is 0. The van der Waals surface area contributed by atoms with Crippen molar-refractivity contribution < 1.29 is 41.7 Å². The summed E-state index contributed by atoms with van der Waals surface area (Å²) in [5.74, 6) is 0. The Morgan fingerprint density at radius 3 is 1.06 bits per heavy atom. The summed E-state index contributed by atoms with van der Waals surface area (Å²) in [6.45, 7) is 4.47. The maximum atomic E-state index is 9.44. The van der Waals surface area contributed by atoms with Gasteiger partial charge < -0.3 is 8.83 Å². The Morgan fingerprint density at radius 2 is 0.562 bits per heavy atom. The molecule has 1 aliphatic rings. The van der Waals surface area contributed by atoms with E-state index >= 15 is 0 Å². The molecule has 0 N–H and O–H groups in total. The zero-order valence-corrected chi connectivity index (χ0v) is 69.6. The second-order valence-corrected chi connectivity index (χ2v) is 33.4. The molecule has 128 heavy (non-hydrogen) atoms. The van der Waals surface area contributed by atoms with Crippen LogP contribution in [0.1, 0.15) is 57.9 Å². The predicted octanol–water partition coefficient (Wildman–Crippen LogP) is 36.0. The lowest BCUT2D eigenvalue weighted by molar-refractivity contribution is 0.617. The number of para-hydroxylation sites is 1. The molecule has 1 aliphatic carbocycles.